The minimum Gasteiger partial charge on any atom is -0.310 e. The summed E-state index contributed by atoms with van der Waals surface area (Å²) in [6.45, 7) is 3.56. The molecular formula is C20H15F2N7O. The summed E-state index contributed by atoms with van der Waals surface area (Å²) in [4.78, 5) is 29.1. The predicted molar refractivity (Wildman–Crippen MR) is 103 cm³/mol. The van der Waals surface area contributed by atoms with Gasteiger partial charge in [-0.2, -0.15) is 5.10 Å². The molecule has 0 unspecified atom stereocenters. The predicted octanol–water partition coefficient (Wildman–Crippen LogP) is 2.84. The highest BCUT2D eigenvalue weighted by atomic mass is 19.1. The molecule has 0 saturated carbocycles. The van der Waals surface area contributed by atoms with Crippen molar-refractivity contribution in [1.29, 1.82) is 0 Å². The zero-order valence-corrected chi connectivity index (χ0v) is 16.0. The van der Waals surface area contributed by atoms with Crippen molar-refractivity contribution in [1.82, 2.24) is 29.7 Å². The van der Waals surface area contributed by atoms with Crippen molar-refractivity contribution in [3.8, 4) is 11.5 Å². The molecular weight excluding hydrogens is 392 g/mol. The van der Waals surface area contributed by atoms with Gasteiger partial charge in [-0.05, 0) is 32.0 Å². The van der Waals surface area contributed by atoms with Gasteiger partial charge in [0.25, 0.3) is 0 Å². The fourth-order valence-corrected chi connectivity index (χ4v) is 3.42. The third-order valence-electron chi connectivity index (χ3n) is 5.16. The summed E-state index contributed by atoms with van der Waals surface area (Å²) in [7, 11) is 0. The number of fused-ring (bicyclic) bond motifs is 2. The Morgan fingerprint density at radius 3 is 2.80 bits per heavy atom. The Labute approximate surface area is 169 Å². The van der Waals surface area contributed by atoms with Crippen LogP contribution in [0, 0.1) is 11.6 Å². The van der Waals surface area contributed by atoms with E-state index in [1.165, 1.54) is 29.1 Å². The molecule has 0 atom stereocenters. The maximum Gasteiger partial charge on any atom is 0.235 e. The first kappa shape index (κ1) is 18.2. The highest BCUT2D eigenvalue weighted by Crippen LogP contribution is 2.37. The molecule has 1 aliphatic rings. The van der Waals surface area contributed by atoms with E-state index >= 15 is 0 Å². The van der Waals surface area contributed by atoms with E-state index in [1.54, 1.807) is 20.0 Å². The minimum atomic E-state index is -0.751. The smallest absolute Gasteiger partial charge is 0.235 e. The number of carbonyl (C=O) groups is 1. The first-order valence-corrected chi connectivity index (χ1v) is 9.15. The molecule has 10 heteroatoms. The highest BCUT2D eigenvalue weighted by molar-refractivity contribution is 6.04. The number of anilines is 1. The molecule has 0 aliphatic carbocycles. The Bertz CT molecular complexity index is 1330. The summed E-state index contributed by atoms with van der Waals surface area (Å²) >= 11 is 0. The van der Waals surface area contributed by atoms with Crippen molar-refractivity contribution in [2.45, 2.75) is 25.8 Å². The number of amides is 1. The molecule has 1 amide bonds. The molecule has 0 saturated heterocycles. The zero-order chi connectivity index (χ0) is 21.0. The lowest BCUT2D eigenvalue weighted by molar-refractivity contribution is -0.119. The summed E-state index contributed by atoms with van der Waals surface area (Å²) in [5.74, 6) is -0.633. The van der Waals surface area contributed by atoms with Crippen molar-refractivity contribution in [3.05, 3.63) is 59.7 Å². The van der Waals surface area contributed by atoms with Crippen LogP contribution in [0.15, 0.2) is 36.8 Å². The third kappa shape index (κ3) is 2.71. The van der Waals surface area contributed by atoms with Crippen LogP contribution >= 0.6 is 0 Å². The van der Waals surface area contributed by atoms with Gasteiger partial charge in [-0.1, -0.05) is 0 Å². The summed E-state index contributed by atoms with van der Waals surface area (Å²) in [5.41, 5.74) is 0.697. The summed E-state index contributed by atoms with van der Waals surface area (Å²) in [6, 6.07) is 4.07. The van der Waals surface area contributed by atoms with Gasteiger partial charge in [-0.25, -0.2) is 28.4 Å². The zero-order valence-electron chi connectivity index (χ0n) is 16.0. The van der Waals surface area contributed by atoms with E-state index in [2.05, 4.69) is 30.4 Å². The van der Waals surface area contributed by atoms with E-state index in [1.807, 2.05) is 0 Å². The van der Waals surface area contributed by atoms with Crippen LogP contribution in [0.1, 0.15) is 25.1 Å². The quantitative estimate of drug-likeness (QED) is 0.561. The van der Waals surface area contributed by atoms with E-state index < -0.39 is 17.0 Å². The Morgan fingerprint density at radius 1 is 1.17 bits per heavy atom. The molecule has 1 aliphatic heterocycles. The van der Waals surface area contributed by atoms with E-state index in [9.17, 15) is 13.6 Å². The van der Waals surface area contributed by atoms with Gasteiger partial charge in [0.2, 0.25) is 5.91 Å². The summed E-state index contributed by atoms with van der Waals surface area (Å²) < 4.78 is 29.4. The largest absolute Gasteiger partial charge is 0.310 e. The molecule has 0 spiro atoms. The number of carbonyl (C=O) groups excluding carboxylic acids is 1. The van der Waals surface area contributed by atoms with Crippen molar-refractivity contribution in [3.63, 3.8) is 0 Å². The molecule has 0 aromatic carbocycles. The van der Waals surface area contributed by atoms with Gasteiger partial charge in [0, 0.05) is 18.0 Å². The normalized spacial score (nSPS) is 14.7. The number of rotatable bonds is 3. The van der Waals surface area contributed by atoms with Crippen LogP contribution in [0.5, 0.6) is 0 Å². The molecule has 0 radical (unpaired) electrons. The molecule has 1 N–H and O–H groups in total. The standard InChI is InChI=1S/C20H15F2N7O/c1-20(2)12-8-24-17(26-16(12)27-19(20)30)15-11-6-10(21)7-25-18(11)29(28-15)9-14-13(22)4-3-5-23-14/h3-8H,9H2,1-2H3,(H,24,26,27,30). The molecule has 0 bridgehead atoms. The number of pyridine rings is 2. The minimum absolute atomic E-state index is 0.00346. The van der Waals surface area contributed by atoms with Crippen molar-refractivity contribution < 1.29 is 13.6 Å². The Morgan fingerprint density at radius 2 is 2.00 bits per heavy atom. The van der Waals surface area contributed by atoms with Gasteiger partial charge < -0.3 is 5.32 Å². The van der Waals surface area contributed by atoms with Crippen molar-refractivity contribution in [2.24, 2.45) is 0 Å². The molecule has 5 heterocycles. The maximum absolute atomic E-state index is 14.1. The fraction of sp³-hybridized carbons (Fsp3) is 0.200. The van der Waals surface area contributed by atoms with Gasteiger partial charge in [0.15, 0.2) is 11.5 Å². The van der Waals surface area contributed by atoms with Gasteiger partial charge in [0.1, 0.15) is 23.1 Å². The number of nitrogens with zero attached hydrogens (tertiary/aromatic N) is 6. The lowest BCUT2D eigenvalue weighted by atomic mass is 9.88. The van der Waals surface area contributed by atoms with Gasteiger partial charge >= 0.3 is 0 Å². The second-order valence-corrected chi connectivity index (χ2v) is 7.50. The van der Waals surface area contributed by atoms with Crippen LogP contribution in [-0.4, -0.2) is 35.6 Å². The average Bonchev–Trinajstić information content (AvgIpc) is 3.17. The number of aromatic nitrogens is 6. The SMILES string of the molecule is CC1(C)C(=O)Nc2nc(-c3nn(Cc4ncccc4F)c4ncc(F)cc34)ncc21. The second-order valence-electron chi connectivity index (χ2n) is 7.50. The van der Waals surface area contributed by atoms with Crippen LogP contribution in [0.4, 0.5) is 14.6 Å². The fourth-order valence-electron chi connectivity index (χ4n) is 3.42. The topological polar surface area (TPSA) is 98.5 Å². The molecule has 4 aromatic heterocycles. The van der Waals surface area contributed by atoms with Gasteiger partial charge in [-0.3, -0.25) is 9.78 Å². The van der Waals surface area contributed by atoms with Crippen LogP contribution in [0.2, 0.25) is 0 Å². The first-order valence-electron chi connectivity index (χ1n) is 9.15. The van der Waals surface area contributed by atoms with E-state index in [0.717, 1.165) is 6.20 Å². The van der Waals surface area contributed by atoms with E-state index in [-0.39, 0.29) is 29.7 Å². The lowest BCUT2D eigenvalue weighted by Crippen LogP contribution is -2.26. The van der Waals surface area contributed by atoms with E-state index in [4.69, 9.17) is 0 Å². The molecule has 4 aromatic rings. The summed E-state index contributed by atoms with van der Waals surface area (Å²) in [5, 5.41) is 7.57. The van der Waals surface area contributed by atoms with Gasteiger partial charge in [-0.15, -0.1) is 0 Å². The first-order chi connectivity index (χ1) is 14.3. The van der Waals surface area contributed by atoms with Crippen LogP contribution < -0.4 is 5.32 Å². The average molecular weight is 407 g/mol. The number of hydrogen-bond donors (Lipinski definition) is 1. The Kier molecular flexibility index (Phi) is 3.85. The molecule has 0 fully saturated rings. The molecule has 5 rings (SSSR count). The van der Waals surface area contributed by atoms with Crippen molar-refractivity contribution >= 4 is 22.8 Å². The molecule has 8 nitrogen and oxygen atoms in total. The second kappa shape index (κ2) is 6.34. The molecule has 150 valence electrons. The van der Waals surface area contributed by atoms with Gasteiger partial charge in [0.05, 0.1) is 29.2 Å². The number of halogens is 2. The van der Waals surface area contributed by atoms with Crippen LogP contribution in [-0.2, 0) is 16.8 Å². The van der Waals surface area contributed by atoms with Crippen LogP contribution in [0.3, 0.4) is 0 Å². The highest BCUT2D eigenvalue weighted by Gasteiger charge is 2.40. The monoisotopic (exact) mass is 407 g/mol. The number of hydrogen-bond acceptors (Lipinski definition) is 6. The number of nitrogens with one attached hydrogen (secondary N) is 1. The summed E-state index contributed by atoms with van der Waals surface area (Å²) in [6.07, 6.45) is 4.10. The maximum atomic E-state index is 14.1. The lowest BCUT2D eigenvalue weighted by Gasteiger charge is -2.13. The third-order valence-corrected chi connectivity index (χ3v) is 5.16. The molecule has 30 heavy (non-hydrogen) atoms. The Hall–Kier alpha value is -3.82. The van der Waals surface area contributed by atoms with E-state index in [0.29, 0.717) is 22.4 Å². The van der Waals surface area contributed by atoms with Crippen molar-refractivity contribution in [2.75, 3.05) is 5.32 Å². The van der Waals surface area contributed by atoms with Crippen LogP contribution in [0.25, 0.3) is 22.6 Å². The Balaban J connectivity index is 1.66.